The molecule has 128 valence electrons. The van der Waals surface area contributed by atoms with Crippen LogP contribution in [0.4, 0.5) is 0 Å². The highest BCUT2D eigenvalue weighted by Crippen LogP contribution is 2.35. The fourth-order valence-electron chi connectivity index (χ4n) is 3.75. The second-order valence-electron chi connectivity index (χ2n) is 6.80. The van der Waals surface area contributed by atoms with Crippen molar-refractivity contribution in [1.82, 2.24) is 4.90 Å². The van der Waals surface area contributed by atoms with Crippen molar-refractivity contribution in [2.24, 2.45) is 5.41 Å². The number of likely N-dealkylation sites (tertiary alicyclic amines) is 1. The van der Waals surface area contributed by atoms with Crippen molar-refractivity contribution in [3.05, 3.63) is 47.3 Å². The summed E-state index contributed by atoms with van der Waals surface area (Å²) in [6.45, 7) is 3.76. The Morgan fingerprint density at radius 2 is 2.21 bits per heavy atom. The van der Waals surface area contributed by atoms with E-state index in [1.54, 1.807) is 11.3 Å². The number of carbonyl (C=O) groups is 1. The van der Waals surface area contributed by atoms with Crippen molar-refractivity contribution < 1.29 is 9.90 Å². The molecule has 2 heterocycles. The van der Waals surface area contributed by atoms with Crippen LogP contribution in [0, 0.1) is 5.41 Å². The van der Waals surface area contributed by atoms with Gasteiger partial charge in [0.2, 0.25) is 0 Å². The zero-order chi connectivity index (χ0) is 17.0. The fraction of sp³-hybridized carbons (Fsp3) is 0.450. The number of hydrogen-bond donors (Lipinski definition) is 1. The summed E-state index contributed by atoms with van der Waals surface area (Å²) in [5.74, 6) is 0.0852. The quantitative estimate of drug-likeness (QED) is 0.872. The second kappa shape index (κ2) is 7.49. The topological polar surface area (TPSA) is 40.5 Å². The monoisotopic (exact) mass is 343 g/mol. The van der Waals surface area contributed by atoms with Crippen LogP contribution in [0.1, 0.15) is 43.0 Å². The first-order chi connectivity index (χ1) is 11.7. The van der Waals surface area contributed by atoms with Crippen LogP contribution < -0.4 is 0 Å². The molecule has 0 saturated carbocycles. The van der Waals surface area contributed by atoms with Crippen LogP contribution in [-0.4, -0.2) is 35.6 Å². The van der Waals surface area contributed by atoms with Gasteiger partial charge in [0.05, 0.1) is 6.61 Å². The van der Waals surface area contributed by atoms with Gasteiger partial charge in [-0.15, -0.1) is 11.3 Å². The minimum absolute atomic E-state index is 0.0852. The summed E-state index contributed by atoms with van der Waals surface area (Å²) in [6.07, 6.45) is 3.99. The molecule has 1 aliphatic heterocycles. The average Bonchev–Trinajstić information content (AvgIpc) is 3.16. The lowest BCUT2D eigenvalue weighted by atomic mass is 9.77. The fourth-order valence-corrected chi connectivity index (χ4v) is 4.48. The highest BCUT2D eigenvalue weighted by atomic mass is 32.1. The zero-order valence-corrected chi connectivity index (χ0v) is 15.0. The van der Waals surface area contributed by atoms with Gasteiger partial charge in [-0.05, 0) is 48.4 Å². The number of aliphatic hydroxyl groups is 1. The lowest BCUT2D eigenvalue weighted by Gasteiger charge is -2.42. The molecule has 0 unspecified atom stereocenters. The maximum absolute atomic E-state index is 13.0. The molecule has 0 spiro atoms. The molecule has 1 fully saturated rings. The zero-order valence-electron chi connectivity index (χ0n) is 14.2. The Kier molecular flexibility index (Phi) is 5.36. The smallest absolute Gasteiger partial charge is 0.253 e. The summed E-state index contributed by atoms with van der Waals surface area (Å²) in [6, 6.07) is 12.0. The molecule has 1 aromatic carbocycles. The Hall–Kier alpha value is -1.65. The van der Waals surface area contributed by atoms with Crippen LogP contribution in [0.2, 0.25) is 0 Å². The molecular weight excluding hydrogens is 318 g/mol. The number of carbonyl (C=O) groups excluding carboxylic acids is 1. The molecule has 3 nitrogen and oxygen atoms in total. The van der Waals surface area contributed by atoms with E-state index in [0.717, 1.165) is 43.4 Å². The molecule has 24 heavy (non-hydrogen) atoms. The Bertz CT molecular complexity index is 679. The minimum Gasteiger partial charge on any atom is -0.396 e. The molecular formula is C20H25NO2S. The van der Waals surface area contributed by atoms with Gasteiger partial charge in [0.15, 0.2) is 0 Å². The van der Waals surface area contributed by atoms with Gasteiger partial charge >= 0.3 is 0 Å². The first kappa shape index (κ1) is 17.2. The van der Waals surface area contributed by atoms with E-state index in [1.165, 1.54) is 4.88 Å². The Morgan fingerprint density at radius 1 is 1.33 bits per heavy atom. The molecule has 2 aromatic rings. The van der Waals surface area contributed by atoms with Gasteiger partial charge in [-0.2, -0.15) is 0 Å². The Balaban J connectivity index is 1.80. The van der Waals surface area contributed by atoms with Crippen molar-refractivity contribution in [2.45, 2.75) is 32.6 Å². The summed E-state index contributed by atoms with van der Waals surface area (Å²) in [7, 11) is 0. The summed E-state index contributed by atoms with van der Waals surface area (Å²) in [4.78, 5) is 16.1. The highest BCUT2D eigenvalue weighted by Gasteiger charge is 2.36. The predicted molar refractivity (Wildman–Crippen MR) is 99.3 cm³/mol. The van der Waals surface area contributed by atoms with Crippen LogP contribution in [0.3, 0.4) is 0 Å². The number of nitrogens with zero attached hydrogens (tertiary/aromatic N) is 1. The number of hydrogen-bond acceptors (Lipinski definition) is 3. The van der Waals surface area contributed by atoms with Gasteiger partial charge in [-0.1, -0.05) is 31.5 Å². The molecule has 1 N–H and O–H groups in total. The van der Waals surface area contributed by atoms with Gasteiger partial charge < -0.3 is 10.0 Å². The number of thiophene rings is 1. The van der Waals surface area contributed by atoms with Crippen LogP contribution in [0.25, 0.3) is 10.4 Å². The van der Waals surface area contributed by atoms with Gasteiger partial charge in [0, 0.05) is 28.9 Å². The van der Waals surface area contributed by atoms with E-state index < -0.39 is 0 Å². The lowest BCUT2D eigenvalue weighted by molar-refractivity contribution is 0.0222. The van der Waals surface area contributed by atoms with E-state index in [-0.39, 0.29) is 17.9 Å². The summed E-state index contributed by atoms with van der Waals surface area (Å²) >= 11 is 1.68. The Labute approximate surface area is 147 Å². The van der Waals surface area contributed by atoms with Crippen LogP contribution >= 0.6 is 11.3 Å². The molecule has 4 heteroatoms. The molecule has 1 saturated heterocycles. The SMILES string of the molecule is CCC[C@@]1(CO)CCCN(C(=O)c2cccc(-c3cccs3)c2)C1. The minimum atomic E-state index is -0.117. The third-order valence-electron chi connectivity index (χ3n) is 4.98. The third kappa shape index (κ3) is 3.55. The molecule has 1 amide bonds. The van der Waals surface area contributed by atoms with Gasteiger partial charge in [-0.3, -0.25) is 4.79 Å². The maximum atomic E-state index is 13.0. The Morgan fingerprint density at radius 3 is 2.92 bits per heavy atom. The molecule has 0 bridgehead atoms. The van der Waals surface area contributed by atoms with E-state index in [0.29, 0.717) is 6.54 Å². The maximum Gasteiger partial charge on any atom is 0.253 e. The normalized spacial score (nSPS) is 21.0. The van der Waals surface area contributed by atoms with E-state index in [9.17, 15) is 9.90 Å². The number of aliphatic hydroxyl groups excluding tert-OH is 1. The first-order valence-electron chi connectivity index (χ1n) is 8.71. The standard InChI is InChI=1S/C20H25NO2S/c1-2-9-20(15-22)10-5-11-21(14-20)19(23)17-7-3-6-16(13-17)18-8-4-12-24-18/h3-4,6-8,12-13,22H,2,5,9-11,14-15H2,1H3/t20-/m1/s1. The summed E-state index contributed by atoms with van der Waals surface area (Å²) in [5.41, 5.74) is 1.72. The summed E-state index contributed by atoms with van der Waals surface area (Å²) in [5, 5.41) is 11.9. The van der Waals surface area contributed by atoms with Crippen molar-refractivity contribution in [2.75, 3.05) is 19.7 Å². The predicted octanol–water partition coefficient (Wildman–Crippen LogP) is 4.43. The second-order valence-corrected chi connectivity index (χ2v) is 7.74. The molecule has 0 aliphatic carbocycles. The number of benzene rings is 1. The molecule has 0 radical (unpaired) electrons. The van der Waals surface area contributed by atoms with Crippen molar-refractivity contribution in [1.29, 1.82) is 0 Å². The third-order valence-corrected chi connectivity index (χ3v) is 5.90. The molecule has 1 atom stereocenters. The van der Waals surface area contributed by atoms with Gasteiger partial charge in [-0.25, -0.2) is 0 Å². The van der Waals surface area contributed by atoms with Crippen molar-refractivity contribution in [3.63, 3.8) is 0 Å². The van der Waals surface area contributed by atoms with Crippen molar-refractivity contribution >= 4 is 17.2 Å². The van der Waals surface area contributed by atoms with E-state index in [1.807, 2.05) is 35.2 Å². The number of piperidine rings is 1. The van der Waals surface area contributed by atoms with Crippen LogP contribution in [-0.2, 0) is 0 Å². The number of amides is 1. The first-order valence-corrected chi connectivity index (χ1v) is 9.59. The van der Waals surface area contributed by atoms with Crippen LogP contribution in [0.15, 0.2) is 41.8 Å². The van der Waals surface area contributed by atoms with E-state index >= 15 is 0 Å². The lowest BCUT2D eigenvalue weighted by Crippen LogP contribution is -2.47. The van der Waals surface area contributed by atoms with Crippen LogP contribution in [0.5, 0.6) is 0 Å². The van der Waals surface area contributed by atoms with E-state index in [2.05, 4.69) is 18.4 Å². The van der Waals surface area contributed by atoms with Gasteiger partial charge in [0.25, 0.3) is 5.91 Å². The highest BCUT2D eigenvalue weighted by molar-refractivity contribution is 7.13. The van der Waals surface area contributed by atoms with Gasteiger partial charge in [0.1, 0.15) is 0 Å². The number of rotatable bonds is 5. The molecule has 1 aromatic heterocycles. The average molecular weight is 343 g/mol. The largest absolute Gasteiger partial charge is 0.396 e. The summed E-state index contributed by atoms with van der Waals surface area (Å²) < 4.78 is 0. The molecule has 1 aliphatic rings. The molecule has 3 rings (SSSR count). The van der Waals surface area contributed by atoms with E-state index in [4.69, 9.17) is 0 Å². The van der Waals surface area contributed by atoms with Crippen molar-refractivity contribution in [3.8, 4) is 10.4 Å².